The van der Waals surface area contributed by atoms with Crippen LogP contribution in [0.5, 0.6) is 0 Å². The highest BCUT2D eigenvalue weighted by Gasteiger charge is 2.23. The maximum absolute atomic E-state index is 3.75. The van der Waals surface area contributed by atoms with E-state index in [2.05, 4.69) is 64.0 Å². The molecule has 0 fully saturated rings. The van der Waals surface area contributed by atoms with Crippen LogP contribution >= 0.6 is 43.2 Å². The predicted octanol–water partition coefficient (Wildman–Crippen LogP) is 6.53. The quantitative estimate of drug-likeness (QED) is 0.487. The second kappa shape index (κ2) is 9.54. The SMILES string of the molecule is CCCCC(CC)C(NCCC)c1cc(Br)c(Br)s1. The van der Waals surface area contributed by atoms with Crippen molar-refractivity contribution in [1.82, 2.24) is 5.32 Å². The molecule has 4 heteroatoms. The summed E-state index contributed by atoms with van der Waals surface area (Å²) in [7, 11) is 0. The summed E-state index contributed by atoms with van der Waals surface area (Å²) in [5.41, 5.74) is 0. The lowest BCUT2D eigenvalue weighted by Gasteiger charge is -2.26. The smallest absolute Gasteiger partial charge is 0.0843 e. The van der Waals surface area contributed by atoms with Gasteiger partial charge in [0.05, 0.1) is 3.79 Å². The van der Waals surface area contributed by atoms with Gasteiger partial charge in [0.1, 0.15) is 0 Å². The molecule has 1 N–H and O–H groups in total. The number of halogens is 2. The Hall–Kier alpha value is 0.620. The van der Waals surface area contributed by atoms with E-state index in [1.807, 2.05) is 11.3 Å². The summed E-state index contributed by atoms with van der Waals surface area (Å²) in [5, 5.41) is 3.75. The molecular formula is C15H25Br2NS. The first-order valence-electron chi connectivity index (χ1n) is 7.32. The van der Waals surface area contributed by atoms with Crippen molar-refractivity contribution in [3.8, 4) is 0 Å². The molecule has 0 saturated carbocycles. The zero-order chi connectivity index (χ0) is 14.3. The van der Waals surface area contributed by atoms with Crippen molar-refractivity contribution < 1.29 is 0 Å². The number of unbranched alkanes of at least 4 members (excludes halogenated alkanes) is 1. The van der Waals surface area contributed by atoms with Gasteiger partial charge >= 0.3 is 0 Å². The fraction of sp³-hybridized carbons (Fsp3) is 0.733. The van der Waals surface area contributed by atoms with Crippen LogP contribution in [-0.2, 0) is 0 Å². The van der Waals surface area contributed by atoms with Crippen molar-refractivity contribution in [2.24, 2.45) is 5.92 Å². The van der Waals surface area contributed by atoms with Gasteiger partial charge in [-0.25, -0.2) is 0 Å². The molecule has 0 amide bonds. The zero-order valence-corrected chi connectivity index (χ0v) is 16.1. The van der Waals surface area contributed by atoms with Gasteiger partial charge in [-0.2, -0.15) is 0 Å². The molecule has 0 aliphatic rings. The Morgan fingerprint density at radius 2 is 1.95 bits per heavy atom. The van der Waals surface area contributed by atoms with Gasteiger partial charge in [-0.15, -0.1) is 11.3 Å². The summed E-state index contributed by atoms with van der Waals surface area (Å²) < 4.78 is 2.39. The third-order valence-corrected chi connectivity index (χ3v) is 6.85. The van der Waals surface area contributed by atoms with Gasteiger partial charge in [-0.3, -0.25) is 0 Å². The van der Waals surface area contributed by atoms with Crippen LogP contribution in [0.1, 0.15) is 63.8 Å². The van der Waals surface area contributed by atoms with Crippen LogP contribution in [0, 0.1) is 5.92 Å². The molecule has 1 aromatic heterocycles. The summed E-state index contributed by atoms with van der Waals surface area (Å²) in [6.07, 6.45) is 6.37. The maximum atomic E-state index is 3.75. The number of hydrogen-bond donors (Lipinski definition) is 1. The van der Waals surface area contributed by atoms with Crippen molar-refractivity contribution in [3.05, 3.63) is 19.2 Å². The fourth-order valence-corrected chi connectivity index (χ4v) is 4.65. The van der Waals surface area contributed by atoms with Gasteiger partial charge in [0, 0.05) is 15.4 Å². The predicted molar refractivity (Wildman–Crippen MR) is 94.1 cm³/mol. The summed E-state index contributed by atoms with van der Waals surface area (Å²) in [6.45, 7) is 7.93. The Morgan fingerprint density at radius 1 is 1.21 bits per heavy atom. The van der Waals surface area contributed by atoms with Gasteiger partial charge in [0.2, 0.25) is 0 Å². The lowest BCUT2D eigenvalue weighted by Crippen LogP contribution is -2.28. The van der Waals surface area contributed by atoms with Crippen LogP contribution in [0.4, 0.5) is 0 Å². The molecular weight excluding hydrogens is 386 g/mol. The third kappa shape index (κ3) is 5.49. The van der Waals surface area contributed by atoms with Gasteiger partial charge < -0.3 is 5.32 Å². The highest BCUT2D eigenvalue weighted by atomic mass is 79.9. The molecule has 1 nitrogen and oxygen atoms in total. The Morgan fingerprint density at radius 3 is 2.42 bits per heavy atom. The molecule has 0 aromatic carbocycles. The molecule has 2 unspecified atom stereocenters. The van der Waals surface area contributed by atoms with Crippen molar-refractivity contribution in [3.63, 3.8) is 0 Å². The molecule has 0 saturated heterocycles. The molecule has 19 heavy (non-hydrogen) atoms. The molecule has 0 aliphatic carbocycles. The average molecular weight is 411 g/mol. The van der Waals surface area contributed by atoms with E-state index >= 15 is 0 Å². The molecule has 1 heterocycles. The van der Waals surface area contributed by atoms with E-state index in [0.29, 0.717) is 6.04 Å². The molecule has 0 aliphatic heterocycles. The third-order valence-electron chi connectivity index (χ3n) is 3.51. The molecule has 0 radical (unpaired) electrons. The van der Waals surface area contributed by atoms with E-state index in [-0.39, 0.29) is 0 Å². The van der Waals surface area contributed by atoms with Crippen LogP contribution in [0.3, 0.4) is 0 Å². The van der Waals surface area contributed by atoms with E-state index in [1.165, 1.54) is 45.2 Å². The summed E-state index contributed by atoms with van der Waals surface area (Å²) >= 11 is 9.09. The van der Waals surface area contributed by atoms with Crippen LogP contribution < -0.4 is 5.32 Å². The van der Waals surface area contributed by atoms with E-state index in [9.17, 15) is 0 Å². The Bertz CT molecular complexity index is 346. The minimum atomic E-state index is 0.504. The molecule has 0 spiro atoms. The lowest BCUT2D eigenvalue weighted by molar-refractivity contribution is 0.327. The largest absolute Gasteiger partial charge is 0.309 e. The van der Waals surface area contributed by atoms with Crippen LogP contribution in [-0.4, -0.2) is 6.54 Å². The molecule has 110 valence electrons. The number of nitrogens with one attached hydrogen (secondary N) is 1. The monoisotopic (exact) mass is 409 g/mol. The highest BCUT2D eigenvalue weighted by Crippen LogP contribution is 2.39. The summed E-state index contributed by atoms with van der Waals surface area (Å²) in [5.74, 6) is 0.740. The molecule has 1 rings (SSSR count). The number of thiophene rings is 1. The standard InChI is InChI=1S/C15H25Br2NS/c1-4-7-8-11(6-3)14(18-9-5-2)13-10-12(16)15(17)19-13/h10-11,14,18H,4-9H2,1-3H3. The van der Waals surface area contributed by atoms with Crippen molar-refractivity contribution >= 4 is 43.2 Å². The summed E-state index contributed by atoms with van der Waals surface area (Å²) in [6, 6.07) is 2.78. The minimum absolute atomic E-state index is 0.504. The second-order valence-electron chi connectivity index (χ2n) is 5.01. The Balaban J connectivity index is 2.84. The van der Waals surface area contributed by atoms with Gasteiger partial charge in [-0.05, 0) is 63.2 Å². The number of hydrogen-bond acceptors (Lipinski definition) is 2. The first-order valence-corrected chi connectivity index (χ1v) is 9.72. The maximum Gasteiger partial charge on any atom is 0.0843 e. The minimum Gasteiger partial charge on any atom is -0.309 e. The molecule has 2 atom stereocenters. The van der Waals surface area contributed by atoms with Gasteiger partial charge in [0.25, 0.3) is 0 Å². The van der Waals surface area contributed by atoms with Crippen molar-refractivity contribution in [1.29, 1.82) is 0 Å². The zero-order valence-electron chi connectivity index (χ0n) is 12.1. The summed E-state index contributed by atoms with van der Waals surface area (Å²) in [4.78, 5) is 1.45. The first kappa shape index (κ1) is 17.7. The van der Waals surface area contributed by atoms with E-state index < -0.39 is 0 Å². The van der Waals surface area contributed by atoms with Crippen LogP contribution in [0.15, 0.2) is 14.3 Å². The average Bonchev–Trinajstić information content (AvgIpc) is 2.73. The Labute approximate surface area is 138 Å². The van der Waals surface area contributed by atoms with Gasteiger partial charge in [-0.1, -0.05) is 40.0 Å². The molecule has 1 aromatic rings. The van der Waals surface area contributed by atoms with Crippen molar-refractivity contribution in [2.75, 3.05) is 6.54 Å². The topological polar surface area (TPSA) is 12.0 Å². The van der Waals surface area contributed by atoms with Crippen LogP contribution in [0.2, 0.25) is 0 Å². The van der Waals surface area contributed by atoms with E-state index in [4.69, 9.17) is 0 Å². The Kier molecular flexibility index (Phi) is 8.87. The normalized spacial score (nSPS) is 14.6. The number of rotatable bonds is 9. The van der Waals surface area contributed by atoms with Crippen LogP contribution in [0.25, 0.3) is 0 Å². The lowest BCUT2D eigenvalue weighted by atomic mass is 9.90. The van der Waals surface area contributed by atoms with E-state index in [1.54, 1.807) is 0 Å². The molecule has 0 bridgehead atoms. The van der Waals surface area contributed by atoms with Crippen molar-refractivity contribution in [2.45, 2.75) is 58.9 Å². The van der Waals surface area contributed by atoms with Gasteiger partial charge in [0.15, 0.2) is 0 Å². The fourth-order valence-electron chi connectivity index (χ4n) is 2.39. The van der Waals surface area contributed by atoms with E-state index in [0.717, 1.165) is 12.5 Å². The highest BCUT2D eigenvalue weighted by molar-refractivity contribution is 9.13. The first-order chi connectivity index (χ1) is 9.13. The second-order valence-corrected chi connectivity index (χ2v) is 8.27.